The van der Waals surface area contributed by atoms with E-state index in [-0.39, 0.29) is 21.4 Å². The van der Waals surface area contributed by atoms with Gasteiger partial charge in [0.2, 0.25) is 0 Å². The largest absolute Gasteiger partial charge is 0.497 e. The highest BCUT2D eigenvalue weighted by molar-refractivity contribution is 9.09. The molecule has 0 bridgehead atoms. The summed E-state index contributed by atoms with van der Waals surface area (Å²) in [6.07, 6.45) is 0. The number of rotatable bonds is 4. The van der Waals surface area contributed by atoms with E-state index in [1.807, 2.05) is 13.8 Å². The quantitative estimate of drug-likeness (QED) is 0.484. The van der Waals surface area contributed by atoms with Crippen LogP contribution >= 0.6 is 15.9 Å². The van der Waals surface area contributed by atoms with Crippen molar-refractivity contribution in [2.45, 2.75) is 24.6 Å². The number of methoxy groups -OCH3 is 1. The molecule has 0 aliphatic carbocycles. The molecule has 0 N–H and O–H groups in total. The number of halogens is 1. The first-order valence-electron chi connectivity index (χ1n) is 4.93. The summed E-state index contributed by atoms with van der Waals surface area (Å²) < 4.78 is 4.98. The Bertz CT molecular complexity index is 393. The van der Waals surface area contributed by atoms with Crippen molar-refractivity contribution in [3.8, 4) is 5.75 Å². The first-order valence-corrected chi connectivity index (χ1v) is 5.85. The van der Waals surface area contributed by atoms with Gasteiger partial charge in [0.1, 0.15) is 5.75 Å². The Morgan fingerprint density at radius 3 is 2.50 bits per heavy atom. The fourth-order valence-electron chi connectivity index (χ4n) is 1.44. The minimum absolute atomic E-state index is 0.0753. The molecule has 0 amide bonds. The third kappa shape index (κ3) is 2.72. The van der Waals surface area contributed by atoms with Gasteiger partial charge in [0.05, 0.1) is 18.1 Å². The summed E-state index contributed by atoms with van der Waals surface area (Å²) in [5, 5.41) is 11.0. The molecule has 0 aliphatic heterocycles. The molecule has 0 saturated carbocycles. The first-order chi connectivity index (χ1) is 7.47. The average molecular weight is 288 g/mol. The SMILES string of the molecule is COc1ccc(C(C)C(C)Br)c([N+](=O)[O-])c1. The normalized spacial score (nSPS) is 14.2. The van der Waals surface area contributed by atoms with Gasteiger partial charge in [-0.15, -0.1) is 0 Å². The maximum absolute atomic E-state index is 11.0. The van der Waals surface area contributed by atoms with Crippen molar-refractivity contribution in [1.82, 2.24) is 0 Å². The van der Waals surface area contributed by atoms with Crippen molar-refractivity contribution in [1.29, 1.82) is 0 Å². The van der Waals surface area contributed by atoms with Crippen LogP contribution in [-0.4, -0.2) is 16.9 Å². The van der Waals surface area contributed by atoms with Crippen molar-refractivity contribution in [3.63, 3.8) is 0 Å². The van der Waals surface area contributed by atoms with E-state index in [4.69, 9.17) is 4.74 Å². The van der Waals surface area contributed by atoms with E-state index >= 15 is 0 Å². The van der Waals surface area contributed by atoms with Crippen LogP contribution in [0.3, 0.4) is 0 Å². The first kappa shape index (κ1) is 13.0. The number of nitro benzene ring substituents is 1. The molecule has 0 fully saturated rings. The predicted octanol–water partition coefficient (Wildman–Crippen LogP) is 3.49. The molecule has 0 saturated heterocycles. The third-order valence-electron chi connectivity index (χ3n) is 2.61. The van der Waals surface area contributed by atoms with E-state index in [1.54, 1.807) is 12.1 Å². The van der Waals surface area contributed by atoms with Gasteiger partial charge in [0.25, 0.3) is 5.69 Å². The molecule has 16 heavy (non-hydrogen) atoms. The lowest BCUT2D eigenvalue weighted by Crippen LogP contribution is -2.07. The van der Waals surface area contributed by atoms with Crippen LogP contribution < -0.4 is 4.74 Å². The molecule has 88 valence electrons. The minimum Gasteiger partial charge on any atom is -0.497 e. The van der Waals surface area contributed by atoms with Gasteiger partial charge >= 0.3 is 0 Å². The molecule has 4 nitrogen and oxygen atoms in total. The molecule has 2 unspecified atom stereocenters. The lowest BCUT2D eigenvalue weighted by molar-refractivity contribution is -0.385. The number of benzene rings is 1. The van der Waals surface area contributed by atoms with Crippen molar-refractivity contribution >= 4 is 21.6 Å². The standard InChI is InChI=1S/C11H14BrNO3/c1-7(8(2)12)10-5-4-9(16-3)6-11(10)13(14)15/h4-8H,1-3H3. The van der Waals surface area contributed by atoms with E-state index in [2.05, 4.69) is 15.9 Å². The highest BCUT2D eigenvalue weighted by Gasteiger charge is 2.22. The second kappa shape index (κ2) is 5.30. The lowest BCUT2D eigenvalue weighted by atomic mass is 9.97. The van der Waals surface area contributed by atoms with Gasteiger partial charge in [-0.25, -0.2) is 0 Å². The van der Waals surface area contributed by atoms with Gasteiger partial charge in [-0.2, -0.15) is 0 Å². The molecule has 1 rings (SSSR count). The third-order valence-corrected chi connectivity index (χ3v) is 3.41. The molecular formula is C11H14BrNO3. The molecule has 1 aromatic carbocycles. The summed E-state index contributed by atoms with van der Waals surface area (Å²) >= 11 is 3.44. The zero-order chi connectivity index (χ0) is 12.3. The van der Waals surface area contributed by atoms with Crippen LogP contribution in [0.15, 0.2) is 18.2 Å². The monoisotopic (exact) mass is 287 g/mol. The number of ether oxygens (including phenoxy) is 1. The van der Waals surface area contributed by atoms with Gasteiger partial charge in [-0.05, 0) is 12.1 Å². The van der Waals surface area contributed by atoms with E-state index in [1.165, 1.54) is 13.2 Å². The predicted molar refractivity (Wildman–Crippen MR) is 66.5 cm³/mol. The van der Waals surface area contributed by atoms with Crippen LogP contribution in [0.25, 0.3) is 0 Å². The van der Waals surface area contributed by atoms with E-state index in [0.717, 1.165) is 5.56 Å². The highest BCUT2D eigenvalue weighted by Crippen LogP contribution is 2.33. The van der Waals surface area contributed by atoms with E-state index < -0.39 is 0 Å². The van der Waals surface area contributed by atoms with Crippen LogP contribution in [0.4, 0.5) is 5.69 Å². The van der Waals surface area contributed by atoms with Crippen LogP contribution in [0.5, 0.6) is 5.75 Å². The van der Waals surface area contributed by atoms with Crippen LogP contribution in [-0.2, 0) is 0 Å². The summed E-state index contributed by atoms with van der Waals surface area (Å²) in [6.45, 7) is 3.92. The molecular weight excluding hydrogens is 274 g/mol. The van der Waals surface area contributed by atoms with Crippen molar-refractivity contribution in [2.75, 3.05) is 7.11 Å². The fourth-order valence-corrected chi connectivity index (χ4v) is 1.73. The van der Waals surface area contributed by atoms with Crippen molar-refractivity contribution in [3.05, 3.63) is 33.9 Å². The van der Waals surface area contributed by atoms with Crippen molar-refractivity contribution < 1.29 is 9.66 Å². The number of hydrogen-bond acceptors (Lipinski definition) is 3. The maximum atomic E-state index is 11.0. The maximum Gasteiger partial charge on any atom is 0.276 e. The second-order valence-electron chi connectivity index (χ2n) is 3.65. The smallest absolute Gasteiger partial charge is 0.276 e. The zero-order valence-corrected chi connectivity index (χ0v) is 11.0. The Morgan fingerprint density at radius 1 is 1.44 bits per heavy atom. The minimum atomic E-state index is -0.371. The molecule has 0 radical (unpaired) electrons. The average Bonchev–Trinajstić information content (AvgIpc) is 2.26. The van der Waals surface area contributed by atoms with Gasteiger partial charge in [-0.3, -0.25) is 10.1 Å². The Labute approximate surface area is 103 Å². The summed E-state index contributed by atoms with van der Waals surface area (Å²) in [7, 11) is 1.50. The Hall–Kier alpha value is -1.10. The van der Waals surface area contributed by atoms with Gasteiger partial charge < -0.3 is 4.74 Å². The van der Waals surface area contributed by atoms with Crippen LogP contribution in [0.1, 0.15) is 25.3 Å². The van der Waals surface area contributed by atoms with Crippen LogP contribution in [0.2, 0.25) is 0 Å². The molecule has 5 heteroatoms. The Morgan fingerprint density at radius 2 is 2.06 bits per heavy atom. The summed E-state index contributed by atoms with van der Waals surface area (Å²) in [4.78, 5) is 10.8. The van der Waals surface area contributed by atoms with Gasteiger partial charge in [0, 0.05) is 16.3 Å². The Balaban J connectivity index is 3.23. The molecule has 0 spiro atoms. The second-order valence-corrected chi connectivity index (χ2v) is 5.09. The van der Waals surface area contributed by atoms with E-state index in [0.29, 0.717) is 5.75 Å². The van der Waals surface area contributed by atoms with Crippen LogP contribution in [0, 0.1) is 10.1 Å². The summed E-state index contributed by atoms with van der Waals surface area (Å²) in [6, 6.07) is 4.95. The number of nitro groups is 1. The number of hydrogen-bond donors (Lipinski definition) is 0. The molecule has 1 aromatic rings. The molecule has 2 atom stereocenters. The lowest BCUT2D eigenvalue weighted by Gasteiger charge is -2.15. The van der Waals surface area contributed by atoms with Gasteiger partial charge in [-0.1, -0.05) is 29.8 Å². The molecule has 0 heterocycles. The number of alkyl halides is 1. The Kier molecular flexibility index (Phi) is 4.29. The zero-order valence-electron chi connectivity index (χ0n) is 9.44. The topological polar surface area (TPSA) is 52.4 Å². The highest BCUT2D eigenvalue weighted by atomic mass is 79.9. The molecule has 0 aliphatic rings. The fraction of sp³-hybridized carbons (Fsp3) is 0.455. The molecule has 0 aromatic heterocycles. The number of nitrogens with zero attached hydrogens (tertiary/aromatic N) is 1. The summed E-state index contributed by atoms with van der Waals surface area (Å²) in [5.74, 6) is 0.580. The van der Waals surface area contributed by atoms with Crippen molar-refractivity contribution in [2.24, 2.45) is 0 Å². The summed E-state index contributed by atoms with van der Waals surface area (Å²) in [5.41, 5.74) is 0.827. The van der Waals surface area contributed by atoms with Gasteiger partial charge in [0.15, 0.2) is 0 Å². The van der Waals surface area contributed by atoms with E-state index in [9.17, 15) is 10.1 Å².